The molecule has 25 heavy (non-hydrogen) atoms. The van der Waals surface area contributed by atoms with Crippen molar-refractivity contribution in [2.75, 3.05) is 0 Å². The van der Waals surface area contributed by atoms with Gasteiger partial charge >= 0.3 is 6.18 Å². The van der Waals surface area contributed by atoms with Crippen molar-refractivity contribution >= 4 is 22.4 Å². The van der Waals surface area contributed by atoms with Crippen LogP contribution in [0.5, 0.6) is 0 Å². The number of rotatable bonds is 3. The van der Waals surface area contributed by atoms with Crippen molar-refractivity contribution in [1.82, 2.24) is 9.55 Å². The molecule has 126 valence electrons. The van der Waals surface area contributed by atoms with E-state index in [9.17, 15) is 13.2 Å². The highest BCUT2D eigenvalue weighted by atomic mass is 32.1. The first-order valence-electron chi connectivity index (χ1n) is 7.68. The van der Waals surface area contributed by atoms with Gasteiger partial charge in [-0.25, -0.2) is 4.98 Å². The van der Waals surface area contributed by atoms with Crippen molar-refractivity contribution in [1.29, 1.82) is 0 Å². The standard InChI is InChI=1S/C19H13F3N2S/c20-19(21,22)14-8-9-16-15(11-14)23-18(17-7-4-10-25-17)24(16)12-13-5-2-1-3-6-13/h1-11H,12H2. The summed E-state index contributed by atoms with van der Waals surface area (Å²) in [6.07, 6.45) is -4.37. The number of halogens is 3. The summed E-state index contributed by atoms with van der Waals surface area (Å²) in [6, 6.07) is 17.4. The normalized spacial score (nSPS) is 12.0. The number of alkyl halides is 3. The molecule has 0 spiro atoms. The lowest BCUT2D eigenvalue weighted by atomic mass is 10.2. The fourth-order valence-corrected chi connectivity index (χ4v) is 3.55. The zero-order valence-corrected chi connectivity index (χ0v) is 13.8. The molecule has 0 saturated heterocycles. The lowest BCUT2D eigenvalue weighted by Gasteiger charge is -2.09. The fraction of sp³-hybridized carbons (Fsp3) is 0.105. The Morgan fingerprint density at radius 1 is 0.960 bits per heavy atom. The summed E-state index contributed by atoms with van der Waals surface area (Å²) in [6.45, 7) is 0.552. The quantitative estimate of drug-likeness (QED) is 0.450. The third kappa shape index (κ3) is 3.05. The van der Waals surface area contributed by atoms with Gasteiger partial charge in [-0.2, -0.15) is 13.2 Å². The topological polar surface area (TPSA) is 17.8 Å². The van der Waals surface area contributed by atoms with Crippen LogP contribution in [0.25, 0.3) is 21.7 Å². The van der Waals surface area contributed by atoms with Crippen LogP contribution in [0.15, 0.2) is 66.0 Å². The lowest BCUT2D eigenvalue weighted by molar-refractivity contribution is -0.137. The van der Waals surface area contributed by atoms with Gasteiger partial charge in [-0.3, -0.25) is 0 Å². The summed E-state index contributed by atoms with van der Waals surface area (Å²) >= 11 is 1.52. The van der Waals surface area contributed by atoms with E-state index in [2.05, 4.69) is 4.98 Å². The minimum absolute atomic E-state index is 0.356. The van der Waals surface area contributed by atoms with Crippen LogP contribution in [-0.2, 0) is 12.7 Å². The number of hydrogen-bond donors (Lipinski definition) is 0. The molecule has 0 radical (unpaired) electrons. The molecule has 0 amide bonds. The van der Waals surface area contributed by atoms with Gasteiger partial charge in [0.25, 0.3) is 0 Å². The Kier molecular flexibility index (Phi) is 3.84. The molecule has 6 heteroatoms. The number of aromatic nitrogens is 2. The van der Waals surface area contributed by atoms with Crippen LogP contribution in [0.3, 0.4) is 0 Å². The van der Waals surface area contributed by atoms with Crippen LogP contribution in [0.1, 0.15) is 11.1 Å². The molecule has 4 aromatic rings. The van der Waals surface area contributed by atoms with Crippen molar-refractivity contribution in [3.8, 4) is 10.7 Å². The van der Waals surface area contributed by atoms with Crippen molar-refractivity contribution in [3.63, 3.8) is 0 Å². The number of thiophene rings is 1. The summed E-state index contributed by atoms with van der Waals surface area (Å²) in [5.74, 6) is 0.688. The van der Waals surface area contributed by atoms with E-state index in [1.807, 2.05) is 52.4 Å². The summed E-state index contributed by atoms with van der Waals surface area (Å²) in [4.78, 5) is 5.43. The number of benzene rings is 2. The highest BCUT2D eigenvalue weighted by molar-refractivity contribution is 7.13. The van der Waals surface area contributed by atoms with Gasteiger partial charge in [0.1, 0.15) is 0 Å². The molecule has 2 aromatic heterocycles. The maximum Gasteiger partial charge on any atom is 0.416 e. The van der Waals surface area contributed by atoms with Crippen LogP contribution < -0.4 is 0 Å². The molecular weight excluding hydrogens is 345 g/mol. The first-order valence-corrected chi connectivity index (χ1v) is 8.55. The van der Waals surface area contributed by atoms with Gasteiger partial charge in [-0.15, -0.1) is 11.3 Å². The van der Waals surface area contributed by atoms with E-state index in [-0.39, 0.29) is 0 Å². The monoisotopic (exact) mass is 358 g/mol. The Morgan fingerprint density at radius 3 is 2.44 bits per heavy atom. The molecule has 0 fully saturated rings. The molecule has 0 saturated carbocycles. The number of fused-ring (bicyclic) bond motifs is 1. The zero-order valence-electron chi connectivity index (χ0n) is 13.0. The molecule has 0 bridgehead atoms. The summed E-state index contributed by atoms with van der Waals surface area (Å²) in [5.41, 5.74) is 1.44. The first-order chi connectivity index (χ1) is 12.0. The molecule has 0 N–H and O–H groups in total. The summed E-state index contributed by atoms with van der Waals surface area (Å²) in [7, 11) is 0. The molecule has 0 aliphatic heterocycles. The lowest BCUT2D eigenvalue weighted by Crippen LogP contribution is -2.05. The van der Waals surface area contributed by atoms with E-state index >= 15 is 0 Å². The molecule has 2 nitrogen and oxygen atoms in total. The molecule has 0 atom stereocenters. The Hall–Kier alpha value is -2.60. The highest BCUT2D eigenvalue weighted by Crippen LogP contribution is 2.34. The van der Waals surface area contributed by atoms with Crippen LogP contribution in [0.4, 0.5) is 13.2 Å². The second-order valence-electron chi connectivity index (χ2n) is 5.69. The van der Waals surface area contributed by atoms with E-state index in [0.717, 1.165) is 22.6 Å². The average Bonchev–Trinajstić information content (AvgIpc) is 3.23. The molecule has 0 unspecified atom stereocenters. The molecule has 0 aliphatic rings. The predicted molar refractivity (Wildman–Crippen MR) is 93.6 cm³/mol. The van der Waals surface area contributed by atoms with Crippen LogP contribution in [-0.4, -0.2) is 9.55 Å². The average molecular weight is 358 g/mol. The van der Waals surface area contributed by atoms with Gasteiger partial charge in [-0.05, 0) is 35.2 Å². The second-order valence-corrected chi connectivity index (χ2v) is 6.63. The first kappa shape index (κ1) is 15.9. The van der Waals surface area contributed by atoms with Gasteiger partial charge in [0.05, 0.1) is 21.5 Å². The van der Waals surface area contributed by atoms with Gasteiger partial charge < -0.3 is 4.57 Å². The maximum atomic E-state index is 13.0. The predicted octanol–water partition coefficient (Wildman–Crippen LogP) is 5.83. The molecule has 4 rings (SSSR count). The fourth-order valence-electron chi connectivity index (χ4n) is 2.83. The van der Waals surface area contributed by atoms with Gasteiger partial charge in [0.15, 0.2) is 5.82 Å². The van der Waals surface area contributed by atoms with Crippen LogP contribution in [0, 0.1) is 0 Å². The van der Waals surface area contributed by atoms with Gasteiger partial charge in [-0.1, -0.05) is 36.4 Å². The largest absolute Gasteiger partial charge is 0.416 e. The van der Waals surface area contributed by atoms with E-state index in [0.29, 0.717) is 23.4 Å². The minimum Gasteiger partial charge on any atom is -0.319 e. The highest BCUT2D eigenvalue weighted by Gasteiger charge is 2.31. The van der Waals surface area contributed by atoms with Crippen LogP contribution in [0.2, 0.25) is 0 Å². The third-order valence-corrected chi connectivity index (χ3v) is 4.87. The van der Waals surface area contributed by atoms with Gasteiger partial charge in [0.2, 0.25) is 0 Å². The van der Waals surface area contributed by atoms with Crippen molar-refractivity contribution < 1.29 is 13.2 Å². The number of nitrogens with zero attached hydrogens (tertiary/aromatic N) is 2. The second kappa shape index (κ2) is 6.04. The Bertz CT molecular complexity index is 1000. The van der Waals surface area contributed by atoms with E-state index in [1.165, 1.54) is 17.4 Å². The summed E-state index contributed by atoms with van der Waals surface area (Å²) < 4.78 is 41.0. The molecule has 0 aliphatic carbocycles. The molecular formula is C19H13F3N2S. The maximum absolute atomic E-state index is 13.0. The van der Waals surface area contributed by atoms with Gasteiger partial charge in [0, 0.05) is 6.54 Å². The van der Waals surface area contributed by atoms with Crippen LogP contribution >= 0.6 is 11.3 Å². The van der Waals surface area contributed by atoms with Crippen molar-refractivity contribution in [2.24, 2.45) is 0 Å². The SMILES string of the molecule is FC(F)(F)c1ccc2c(c1)nc(-c1cccs1)n2Cc1ccccc1. The number of hydrogen-bond acceptors (Lipinski definition) is 2. The van der Waals surface area contributed by atoms with E-state index < -0.39 is 11.7 Å². The Balaban J connectivity index is 1.90. The zero-order chi connectivity index (χ0) is 17.4. The molecule has 2 aromatic carbocycles. The molecule has 2 heterocycles. The Morgan fingerprint density at radius 2 is 1.76 bits per heavy atom. The number of imidazole rings is 1. The van der Waals surface area contributed by atoms with Crippen molar-refractivity contribution in [3.05, 3.63) is 77.2 Å². The minimum atomic E-state index is -4.37. The smallest absolute Gasteiger partial charge is 0.319 e. The Labute approximate surface area is 146 Å². The van der Waals surface area contributed by atoms with E-state index in [1.54, 1.807) is 0 Å². The summed E-state index contributed by atoms with van der Waals surface area (Å²) in [5, 5.41) is 1.93. The third-order valence-electron chi connectivity index (χ3n) is 4.00. The van der Waals surface area contributed by atoms with Crippen molar-refractivity contribution in [2.45, 2.75) is 12.7 Å². The van der Waals surface area contributed by atoms with E-state index in [4.69, 9.17) is 0 Å².